The number of aryl methyl sites for hydroxylation is 1. The summed E-state index contributed by atoms with van der Waals surface area (Å²) in [7, 11) is 0. The summed E-state index contributed by atoms with van der Waals surface area (Å²) in [5.74, 6) is 0.748. The van der Waals surface area contributed by atoms with Crippen LogP contribution in [0.5, 0.6) is 5.75 Å². The number of allylic oxidation sites excluding steroid dienone is 1. The predicted molar refractivity (Wildman–Crippen MR) is 90.1 cm³/mol. The van der Waals surface area contributed by atoms with E-state index in [4.69, 9.17) is 4.74 Å². The van der Waals surface area contributed by atoms with Crippen LogP contribution >= 0.6 is 0 Å². The van der Waals surface area contributed by atoms with Crippen molar-refractivity contribution in [2.75, 3.05) is 6.54 Å². The van der Waals surface area contributed by atoms with Gasteiger partial charge in [-0.2, -0.15) is 0 Å². The Morgan fingerprint density at radius 3 is 2.91 bits per heavy atom. The lowest BCUT2D eigenvalue weighted by Gasteiger charge is -2.18. The lowest BCUT2D eigenvalue weighted by Crippen LogP contribution is -2.38. The molecule has 2 rings (SSSR count). The first-order valence-electron chi connectivity index (χ1n) is 8.38. The van der Waals surface area contributed by atoms with E-state index < -0.39 is 6.10 Å². The molecule has 1 aliphatic carbocycles. The molecule has 1 aromatic rings. The van der Waals surface area contributed by atoms with Crippen molar-refractivity contribution >= 4 is 5.91 Å². The minimum Gasteiger partial charge on any atom is -0.481 e. The molecule has 3 heteroatoms. The van der Waals surface area contributed by atoms with Crippen LogP contribution < -0.4 is 10.1 Å². The number of rotatable bonds is 7. The molecule has 1 atom stereocenters. The quantitative estimate of drug-likeness (QED) is 0.768. The van der Waals surface area contributed by atoms with E-state index in [2.05, 4.69) is 11.4 Å². The molecule has 1 aromatic carbocycles. The van der Waals surface area contributed by atoms with Gasteiger partial charge in [0.25, 0.3) is 5.91 Å². The summed E-state index contributed by atoms with van der Waals surface area (Å²) in [5.41, 5.74) is 2.62. The molecule has 3 nitrogen and oxygen atoms in total. The molecule has 0 saturated carbocycles. The van der Waals surface area contributed by atoms with E-state index in [1.54, 1.807) is 0 Å². The molecule has 1 N–H and O–H groups in total. The lowest BCUT2D eigenvalue weighted by atomic mass is 9.97. The Bertz CT molecular complexity index is 522. The molecule has 0 bridgehead atoms. The van der Waals surface area contributed by atoms with E-state index in [1.165, 1.54) is 31.3 Å². The van der Waals surface area contributed by atoms with Crippen LogP contribution in [0.15, 0.2) is 35.9 Å². The molecule has 22 heavy (non-hydrogen) atoms. The number of ether oxygens (including phenoxy) is 1. The SMILES string of the molecule is CC[C@@H](Oc1cccc(C)c1)C(=O)NCCC1=CCCCC1. The molecular formula is C19H27NO2. The third kappa shape index (κ3) is 5.21. The van der Waals surface area contributed by atoms with Gasteiger partial charge in [-0.25, -0.2) is 0 Å². The second-order valence-electron chi connectivity index (χ2n) is 5.98. The minimum absolute atomic E-state index is 0.0135. The number of amides is 1. The van der Waals surface area contributed by atoms with Gasteiger partial charge in [-0.05, 0) is 63.1 Å². The summed E-state index contributed by atoms with van der Waals surface area (Å²) in [4.78, 5) is 12.2. The van der Waals surface area contributed by atoms with Crippen molar-refractivity contribution in [3.8, 4) is 5.75 Å². The summed E-state index contributed by atoms with van der Waals surface area (Å²) in [6, 6.07) is 7.83. The Labute approximate surface area is 133 Å². The maximum atomic E-state index is 12.2. The van der Waals surface area contributed by atoms with Gasteiger partial charge in [0, 0.05) is 6.54 Å². The van der Waals surface area contributed by atoms with Gasteiger partial charge >= 0.3 is 0 Å². The maximum Gasteiger partial charge on any atom is 0.261 e. The van der Waals surface area contributed by atoms with E-state index >= 15 is 0 Å². The highest BCUT2D eigenvalue weighted by atomic mass is 16.5. The van der Waals surface area contributed by atoms with E-state index in [0.717, 1.165) is 17.7 Å². The van der Waals surface area contributed by atoms with Gasteiger partial charge in [0.2, 0.25) is 0 Å². The van der Waals surface area contributed by atoms with Crippen molar-refractivity contribution in [3.05, 3.63) is 41.5 Å². The first-order valence-corrected chi connectivity index (χ1v) is 8.38. The highest BCUT2D eigenvalue weighted by molar-refractivity contribution is 5.81. The van der Waals surface area contributed by atoms with Crippen LogP contribution in [0.2, 0.25) is 0 Å². The molecule has 0 heterocycles. The Hall–Kier alpha value is -1.77. The largest absolute Gasteiger partial charge is 0.481 e. The van der Waals surface area contributed by atoms with Crippen LogP contribution in [0.4, 0.5) is 0 Å². The molecule has 0 aliphatic heterocycles. The highest BCUT2D eigenvalue weighted by Crippen LogP contribution is 2.19. The van der Waals surface area contributed by atoms with E-state index in [9.17, 15) is 4.79 Å². The first kappa shape index (κ1) is 16.6. The number of benzene rings is 1. The average Bonchev–Trinajstić information content (AvgIpc) is 2.53. The van der Waals surface area contributed by atoms with E-state index in [-0.39, 0.29) is 5.91 Å². The van der Waals surface area contributed by atoms with Crippen molar-refractivity contribution in [3.63, 3.8) is 0 Å². The van der Waals surface area contributed by atoms with Gasteiger partial charge in [0.15, 0.2) is 6.10 Å². The Morgan fingerprint density at radius 1 is 1.36 bits per heavy atom. The Kier molecular flexibility index (Phi) is 6.50. The van der Waals surface area contributed by atoms with Crippen LogP contribution in [-0.4, -0.2) is 18.6 Å². The molecular weight excluding hydrogens is 274 g/mol. The number of carbonyl (C=O) groups excluding carboxylic acids is 1. The lowest BCUT2D eigenvalue weighted by molar-refractivity contribution is -0.128. The Morgan fingerprint density at radius 2 is 2.23 bits per heavy atom. The highest BCUT2D eigenvalue weighted by Gasteiger charge is 2.18. The average molecular weight is 301 g/mol. The smallest absolute Gasteiger partial charge is 0.261 e. The number of hydrogen-bond acceptors (Lipinski definition) is 2. The monoisotopic (exact) mass is 301 g/mol. The van der Waals surface area contributed by atoms with Crippen molar-refractivity contribution < 1.29 is 9.53 Å². The zero-order valence-electron chi connectivity index (χ0n) is 13.7. The standard InChI is InChI=1S/C19H27NO2/c1-3-18(22-17-11-7-8-15(2)14-17)19(21)20-13-12-16-9-5-4-6-10-16/h7-9,11,14,18H,3-6,10,12-13H2,1-2H3,(H,20,21)/t18-/m1/s1. The Balaban J connectivity index is 1.79. The fraction of sp³-hybridized carbons (Fsp3) is 0.526. The molecule has 1 amide bonds. The molecule has 1 aliphatic rings. The summed E-state index contributed by atoms with van der Waals surface area (Å²) >= 11 is 0. The summed E-state index contributed by atoms with van der Waals surface area (Å²) < 4.78 is 5.82. The topological polar surface area (TPSA) is 38.3 Å². The fourth-order valence-corrected chi connectivity index (χ4v) is 2.77. The van der Waals surface area contributed by atoms with Gasteiger partial charge in [0.05, 0.1) is 0 Å². The van der Waals surface area contributed by atoms with Crippen LogP contribution in [0.25, 0.3) is 0 Å². The third-order valence-electron chi connectivity index (χ3n) is 4.06. The van der Waals surface area contributed by atoms with Crippen molar-refractivity contribution in [1.82, 2.24) is 5.32 Å². The van der Waals surface area contributed by atoms with E-state index in [1.807, 2.05) is 38.1 Å². The summed E-state index contributed by atoms with van der Waals surface area (Å²) in [6.07, 6.45) is 8.52. The van der Waals surface area contributed by atoms with Gasteiger partial charge < -0.3 is 10.1 Å². The van der Waals surface area contributed by atoms with Crippen LogP contribution in [-0.2, 0) is 4.79 Å². The molecule has 0 fully saturated rings. The molecule has 0 spiro atoms. The number of nitrogens with one attached hydrogen (secondary N) is 1. The summed E-state index contributed by atoms with van der Waals surface area (Å²) in [6.45, 7) is 4.70. The van der Waals surface area contributed by atoms with Crippen molar-refractivity contribution in [1.29, 1.82) is 0 Å². The minimum atomic E-state index is -0.415. The zero-order valence-corrected chi connectivity index (χ0v) is 13.7. The molecule has 0 radical (unpaired) electrons. The number of carbonyl (C=O) groups is 1. The molecule has 0 aromatic heterocycles. The molecule has 120 valence electrons. The summed E-state index contributed by atoms with van der Waals surface area (Å²) in [5, 5.41) is 3.01. The predicted octanol–water partition coefficient (Wildman–Crippen LogP) is 4.16. The molecule has 0 saturated heterocycles. The maximum absolute atomic E-state index is 12.2. The second kappa shape index (κ2) is 8.62. The third-order valence-corrected chi connectivity index (χ3v) is 4.06. The van der Waals surface area contributed by atoms with Crippen LogP contribution in [0, 0.1) is 6.92 Å². The molecule has 0 unspecified atom stereocenters. The normalized spacial score (nSPS) is 15.8. The van der Waals surface area contributed by atoms with Gasteiger partial charge in [-0.1, -0.05) is 30.7 Å². The van der Waals surface area contributed by atoms with Crippen LogP contribution in [0.1, 0.15) is 51.0 Å². The fourth-order valence-electron chi connectivity index (χ4n) is 2.77. The number of hydrogen-bond donors (Lipinski definition) is 1. The van der Waals surface area contributed by atoms with Crippen LogP contribution in [0.3, 0.4) is 0 Å². The van der Waals surface area contributed by atoms with Gasteiger partial charge in [0.1, 0.15) is 5.75 Å². The van der Waals surface area contributed by atoms with Gasteiger partial charge in [-0.3, -0.25) is 4.79 Å². The van der Waals surface area contributed by atoms with Gasteiger partial charge in [-0.15, -0.1) is 0 Å². The second-order valence-corrected chi connectivity index (χ2v) is 5.98. The zero-order chi connectivity index (χ0) is 15.8. The van der Waals surface area contributed by atoms with Crippen molar-refractivity contribution in [2.45, 2.75) is 58.5 Å². The van der Waals surface area contributed by atoms with Crippen molar-refractivity contribution in [2.24, 2.45) is 0 Å². The van der Waals surface area contributed by atoms with E-state index in [0.29, 0.717) is 13.0 Å². The first-order chi connectivity index (χ1) is 10.7.